The highest BCUT2D eigenvalue weighted by molar-refractivity contribution is 9.11. The van der Waals surface area contributed by atoms with E-state index in [1.54, 1.807) is 6.07 Å². The van der Waals surface area contributed by atoms with E-state index in [1.165, 1.54) is 11.3 Å². The molecule has 0 radical (unpaired) electrons. The number of rotatable bonds is 3. The molecule has 1 heterocycles. The lowest BCUT2D eigenvalue weighted by molar-refractivity contribution is -0.146. The van der Waals surface area contributed by atoms with Gasteiger partial charge in [-0.25, -0.2) is 4.79 Å². The predicted octanol–water partition coefficient (Wildman–Crippen LogP) is 3.58. The lowest BCUT2D eigenvalue weighted by Crippen LogP contribution is -2.56. The third-order valence-electron chi connectivity index (χ3n) is 3.97. The SMILES string of the molecule is Cc1cc(C(=O)NC2(C(=O)O)CCC(C)CC2)sc1Br. The molecule has 1 aromatic rings. The summed E-state index contributed by atoms with van der Waals surface area (Å²) in [7, 11) is 0. The van der Waals surface area contributed by atoms with Gasteiger partial charge in [-0.2, -0.15) is 0 Å². The van der Waals surface area contributed by atoms with Crippen LogP contribution in [0.4, 0.5) is 0 Å². The molecular weight excluding hydrogens is 342 g/mol. The first-order chi connectivity index (χ1) is 9.34. The summed E-state index contributed by atoms with van der Waals surface area (Å²) < 4.78 is 0.907. The van der Waals surface area contributed by atoms with E-state index in [0.29, 0.717) is 23.6 Å². The van der Waals surface area contributed by atoms with Crippen LogP contribution in [0.3, 0.4) is 0 Å². The molecule has 0 spiro atoms. The molecule has 1 amide bonds. The van der Waals surface area contributed by atoms with E-state index < -0.39 is 11.5 Å². The average Bonchev–Trinajstić information content (AvgIpc) is 2.72. The van der Waals surface area contributed by atoms with Gasteiger partial charge in [-0.1, -0.05) is 6.92 Å². The van der Waals surface area contributed by atoms with Crippen LogP contribution in [0.5, 0.6) is 0 Å². The van der Waals surface area contributed by atoms with Gasteiger partial charge in [0.1, 0.15) is 5.54 Å². The Labute approximate surface area is 130 Å². The second-order valence-electron chi connectivity index (χ2n) is 5.59. The molecule has 1 saturated carbocycles. The Hall–Kier alpha value is -0.880. The minimum atomic E-state index is -1.10. The van der Waals surface area contributed by atoms with E-state index in [9.17, 15) is 14.7 Å². The van der Waals surface area contributed by atoms with Crippen LogP contribution in [0.15, 0.2) is 9.85 Å². The van der Waals surface area contributed by atoms with Crippen molar-refractivity contribution < 1.29 is 14.7 Å². The number of carboxylic acids is 1. The molecule has 2 N–H and O–H groups in total. The predicted molar refractivity (Wildman–Crippen MR) is 82.2 cm³/mol. The van der Waals surface area contributed by atoms with Crippen molar-refractivity contribution in [2.45, 2.75) is 45.1 Å². The number of aryl methyl sites for hydroxylation is 1. The topological polar surface area (TPSA) is 66.4 Å². The normalized spacial score (nSPS) is 26.2. The summed E-state index contributed by atoms with van der Waals surface area (Å²) in [5, 5.41) is 12.3. The summed E-state index contributed by atoms with van der Waals surface area (Å²) in [4.78, 5) is 24.4. The Kier molecular flexibility index (Phi) is 4.54. The van der Waals surface area contributed by atoms with E-state index >= 15 is 0 Å². The van der Waals surface area contributed by atoms with Crippen LogP contribution in [0.2, 0.25) is 0 Å². The van der Waals surface area contributed by atoms with E-state index in [-0.39, 0.29) is 5.91 Å². The highest BCUT2D eigenvalue weighted by Crippen LogP contribution is 2.33. The molecule has 0 aliphatic heterocycles. The zero-order chi connectivity index (χ0) is 14.9. The van der Waals surface area contributed by atoms with Crippen molar-refractivity contribution in [3.8, 4) is 0 Å². The molecule has 0 aromatic carbocycles. The Balaban J connectivity index is 2.16. The average molecular weight is 360 g/mol. The fourth-order valence-corrected chi connectivity index (χ4v) is 3.93. The Morgan fingerprint density at radius 1 is 1.45 bits per heavy atom. The third-order valence-corrected chi connectivity index (χ3v) is 6.11. The standard InChI is InChI=1S/C14H18BrNO3S/c1-8-3-5-14(6-4-8,13(18)19)16-12(17)10-7-9(2)11(15)20-10/h7-8H,3-6H2,1-2H3,(H,16,17)(H,18,19). The number of nitrogens with one attached hydrogen (secondary N) is 1. The first kappa shape index (κ1) is 15.5. The maximum atomic E-state index is 12.3. The van der Waals surface area contributed by atoms with Gasteiger partial charge in [0, 0.05) is 0 Å². The van der Waals surface area contributed by atoms with Crippen molar-refractivity contribution in [3.05, 3.63) is 20.3 Å². The van der Waals surface area contributed by atoms with Gasteiger partial charge in [0.2, 0.25) is 0 Å². The van der Waals surface area contributed by atoms with Crippen molar-refractivity contribution in [2.24, 2.45) is 5.92 Å². The second-order valence-corrected chi connectivity index (χ2v) is 7.96. The molecule has 1 fully saturated rings. The van der Waals surface area contributed by atoms with Gasteiger partial charge >= 0.3 is 5.97 Å². The largest absolute Gasteiger partial charge is 0.480 e. The van der Waals surface area contributed by atoms with Crippen molar-refractivity contribution in [2.75, 3.05) is 0 Å². The van der Waals surface area contributed by atoms with Crippen LogP contribution in [0, 0.1) is 12.8 Å². The van der Waals surface area contributed by atoms with Gasteiger partial charge in [0.25, 0.3) is 5.91 Å². The number of carbonyl (C=O) groups excluding carboxylic acids is 1. The van der Waals surface area contributed by atoms with Crippen LogP contribution in [0.1, 0.15) is 47.8 Å². The Morgan fingerprint density at radius 2 is 2.05 bits per heavy atom. The summed E-state index contributed by atoms with van der Waals surface area (Å²) in [6.45, 7) is 4.03. The fourth-order valence-electron chi connectivity index (χ4n) is 2.50. The summed E-state index contributed by atoms with van der Waals surface area (Å²) >= 11 is 4.72. The van der Waals surface area contributed by atoms with Crippen molar-refractivity contribution in [3.63, 3.8) is 0 Å². The van der Waals surface area contributed by atoms with Crippen molar-refractivity contribution in [1.29, 1.82) is 0 Å². The molecule has 0 unspecified atom stereocenters. The van der Waals surface area contributed by atoms with Crippen LogP contribution < -0.4 is 5.32 Å². The van der Waals surface area contributed by atoms with Crippen molar-refractivity contribution >= 4 is 39.1 Å². The summed E-state index contributed by atoms with van der Waals surface area (Å²) in [6, 6.07) is 1.78. The Morgan fingerprint density at radius 3 is 2.50 bits per heavy atom. The molecule has 4 nitrogen and oxygen atoms in total. The summed E-state index contributed by atoms with van der Waals surface area (Å²) in [5.41, 5.74) is -0.115. The zero-order valence-corrected chi connectivity index (χ0v) is 13.9. The van der Waals surface area contributed by atoms with Crippen LogP contribution >= 0.6 is 27.3 Å². The maximum absolute atomic E-state index is 12.3. The zero-order valence-electron chi connectivity index (χ0n) is 11.5. The molecule has 1 aromatic heterocycles. The highest BCUT2D eigenvalue weighted by Gasteiger charge is 2.42. The van der Waals surface area contributed by atoms with Gasteiger partial charge in [0.05, 0.1) is 8.66 Å². The first-order valence-corrected chi connectivity index (χ1v) is 8.27. The minimum Gasteiger partial charge on any atom is -0.480 e. The number of thiophene rings is 1. The van der Waals surface area contributed by atoms with Crippen LogP contribution in [-0.2, 0) is 4.79 Å². The molecule has 20 heavy (non-hydrogen) atoms. The number of aliphatic carboxylic acids is 1. The van der Waals surface area contributed by atoms with E-state index in [4.69, 9.17) is 0 Å². The highest BCUT2D eigenvalue weighted by atomic mass is 79.9. The van der Waals surface area contributed by atoms with E-state index in [0.717, 1.165) is 22.2 Å². The molecule has 2 rings (SSSR count). The number of hydrogen-bond acceptors (Lipinski definition) is 3. The molecule has 6 heteroatoms. The number of amides is 1. The molecule has 110 valence electrons. The van der Waals surface area contributed by atoms with E-state index in [2.05, 4.69) is 28.2 Å². The third kappa shape index (κ3) is 3.06. The lowest BCUT2D eigenvalue weighted by Gasteiger charge is -2.36. The molecule has 1 aliphatic carbocycles. The maximum Gasteiger partial charge on any atom is 0.329 e. The van der Waals surface area contributed by atoms with Crippen LogP contribution in [-0.4, -0.2) is 22.5 Å². The minimum absolute atomic E-state index is 0.291. The molecule has 0 saturated heterocycles. The van der Waals surface area contributed by atoms with Gasteiger partial charge in [0.15, 0.2) is 0 Å². The molecule has 0 bridgehead atoms. The number of carbonyl (C=O) groups is 2. The van der Waals surface area contributed by atoms with Gasteiger partial charge < -0.3 is 10.4 Å². The lowest BCUT2D eigenvalue weighted by atomic mass is 9.77. The van der Waals surface area contributed by atoms with Gasteiger partial charge in [-0.05, 0) is 66.1 Å². The molecule has 0 atom stereocenters. The second kappa shape index (κ2) is 5.85. The molecule has 1 aliphatic rings. The summed E-state index contributed by atoms with van der Waals surface area (Å²) in [6.07, 6.45) is 2.67. The monoisotopic (exact) mass is 359 g/mol. The number of carboxylic acid groups (broad SMARTS) is 1. The molecular formula is C14H18BrNO3S. The number of hydrogen-bond donors (Lipinski definition) is 2. The Bertz CT molecular complexity index is 513. The van der Waals surface area contributed by atoms with E-state index in [1.807, 2.05) is 6.92 Å². The van der Waals surface area contributed by atoms with Gasteiger partial charge in [-0.3, -0.25) is 4.79 Å². The first-order valence-electron chi connectivity index (χ1n) is 6.66. The number of halogens is 1. The smallest absolute Gasteiger partial charge is 0.329 e. The fraction of sp³-hybridized carbons (Fsp3) is 0.571. The van der Waals surface area contributed by atoms with Crippen molar-refractivity contribution in [1.82, 2.24) is 5.32 Å². The van der Waals surface area contributed by atoms with Crippen LogP contribution in [0.25, 0.3) is 0 Å². The summed E-state index contributed by atoms with van der Waals surface area (Å²) in [5.74, 6) is -0.691. The quantitative estimate of drug-likeness (QED) is 0.866. The van der Waals surface area contributed by atoms with Gasteiger partial charge in [-0.15, -0.1) is 11.3 Å².